The number of nitrogens with one attached hydrogen (secondary N) is 1. The molecule has 0 spiro atoms. The quantitative estimate of drug-likeness (QED) is 0.548. The summed E-state index contributed by atoms with van der Waals surface area (Å²) >= 11 is 6.22. The fourth-order valence-corrected chi connectivity index (χ4v) is 4.88. The van der Waals surface area contributed by atoms with E-state index < -0.39 is 15.9 Å². The molecule has 1 aromatic heterocycles. The first-order valence-corrected chi connectivity index (χ1v) is 11.7. The molecule has 8 nitrogen and oxygen atoms in total. The first-order chi connectivity index (χ1) is 14.8. The third kappa shape index (κ3) is 4.79. The number of benzene rings is 2. The molecule has 0 aliphatic carbocycles. The molecule has 0 unspecified atom stereocenters. The molecule has 31 heavy (non-hydrogen) atoms. The topological polar surface area (TPSA) is 97.2 Å². The van der Waals surface area contributed by atoms with Crippen molar-refractivity contribution in [3.8, 4) is 11.4 Å². The first-order valence-electron chi connectivity index (χ1n) is 9.91. The molecule has 0 atom stereocenters. The van der Waals surface area contributed by atoms with Crippen LogP contribution in [0.4, 0.5) is 5.69 Å². The van der Waals surface area contributed by atoms with Crippen LogP contribution >= 0.6 is 11.6 Å². The van der Waals surface area contributed by atoms with Crippen molar-refractivity contribution in [3.63, 3.8) is 0 Å². The largest absolute Gasteiger partial charge is 0.322 e. The smallest absolute Gasteiger partial charge is 0.257 e. The van der Waals surface area contributed by atoms with Crippen LogP contribution in [0, 0.1) is 0 Å². The zero-order valence-corrected chi connectivity index (χ0v) is 19.1. The molecule has 1 amide bonds. The van der Waals surface area contributed by atoms with Gasteiger partial charge in [0.15, 0.2) is 5.82 Å². The highest BCUT2D eigenvalue weighted by Gasteiger charge is 2.24. The van der Waals surface area contributed by atoms with E-state index in [0.717, 1.165) is 5.56 Å². The number of aromatic nitrogens is 3. The van der Waals surface area contributed by atoms with Gasteiger partial charge in [-0.15, -0.1) is 10.2 Å². The van der Waals surface area contributed by atoms with E-state index in [-0.39, 0.29) is 15.5 Å². The minimum atomic E-state index is -3.71. The van der Waals surface area contributed by atoms with Gasteiger partial charge in [0.25, 0.3) is 5.91 Å². The molecule has 3 aromatic rings. The Bertz CT molecular complexity index is 1190. The van der Waals surface area contributed by atoms with Gasteiger partial charge in [0.05, 0.1) is 15.5 Å². The van der Waals surface area contributed by atoms with Crippen LogP contribution in [-0.2, 0) is 16.6 Å². The number of aryl methyl sites for hydroxylation is 1. The highest BCUT2D eigenvalue weighted by Crippen LogP contribution is 2.25. The lowest BCUT2D eigenvalue weighted by Gasteiger charge is -2.19. The van der Waals surface area contributed by atoms with Crippen molar-refractivity contribution in [2.45, 2.75) is 32.2 Å². The monoisotopic (exact) mass is 461 g/mol. The number of nitrogens with zero attached hydrogens (tertiary/aromatic N) is 4. The van der Waals surface area contributed by atoms with Crippen molar-refractivity contribution in [3.05, 3.63) is 59.4 Å². The second-order valence-corrected chi connectivity index (χ2v) is 9.05. The molecule has 2 aromatic carbocycles. The van der Waals surface area contributed by atoms with Crippen molar-refractivity contribution in [1.29, 1.82) is 0 Å². The molecule has 1 N–H and O–H groups in total. The van der Waals surface area contributed by atoms with Gasteiger partial charge in [-0.1, -0.05) is 37.6 Å². The normalized spacial score (nSPS) is 11.6. The van der Waals surface area contributed by atoms with Crippen LogP contribution in [0.15, 0.2) is 53.7 Å². The number of carbonyl (C=O) groups excluding carboxylic acids is 1. The number of carbonyl (C=O) groups is 1. The maximum Gasteiger partial charge on any atom is 0.257 e. The zero-order chi connectivity index (χ0) is 22.6. The molecule has 0 radical (unpaired) electrons. The third-order valence-electron chi connectivity index (χ3n) is 4.86. The van der Waals surface area contributed by atoms with Crippen LogP contribution in [0.2, 0.25) is 5.02 Å². The minimum Gasteiger partial charge on any atom is -0.322 e. The van der Waals surface area contributed by atoms with Gasteiger partial charge in [0.1, 0.15) is 6.33 Å². The number of hydrogen-bond donors (Lipinski definition) is 1. The average molecular weight is 462 g/mol. The summed E-state index contributed by atoms with van der Waals surface area (Å²) in [5.41, 5.74) is 1.40. The second kappa shape index (κ2) is 9.59. The predicted octanol–water partition coefficient (Wildman–Crippen LogP) is 3.90. The van der Waals surface area contributed by atoms with Crippen LogP contribution in [-0.4, -0.2) is 46.5 Å². The Kier molecular flexibility index (Phi) is 7.09. The standard InChI is InChI=1S/C21H24ClN5O3S/c1-4-26-14-23-25-20(26)15-8-7-9-16(12-15)24-21(28)18-13-17(10-11-19(18)22)31(29,30)27(5-2)6-3/h7-14H,4-6H2,1-3H3,(H,24,28). The van der Waals surface area contributed by atoms with E-state index in [1.165, 1.54) is 22.5 Å². The Morgan fingerprint density at radius 2 is 1.87 bits per heavy atom. The van der Waals surface area contributed by atoms with Gasteiger partial charge >= 0.3 is 0 Å². The fourth-order valence-electron chi connectivity index (χ4n) is 3.20. The number of hydrogen-bond acceptors (Lipinski definition) is 5. The first kappa shape index (κ1) is 22.9. The lowest BCUT2D eigenvalue weighted by molar-refractivity contribution is 0.102. The molecule has 0 aliphatic rings. The molecule has 3 rings (SSSR count). The van der Waals surface area contributed by atoms with Crippen molar-refractivity contribution in [2.24, 2.45) is 0 Å². The zero-order valence-electron chi connectivity index (χ0n) is 17.5. The molecule has 0 saturated carbocycles. The summed E-state index contributed by atoms with van der Waals surface area (Å²) in [6, 6.07) is 11.3. The van der Waals surface area contributed by atoms with Crippen molar-refractivity contribution < 1.29 is 13.2 Å². The summed E-state index contributed by atoms with van der Waals surface area (Å²) in [5, 5.41) is 11.0. The number of amides is 1. The van der Waals surface area contributed by atoms with Crippen molar-refractivity contribution >= 4 is 33.2 Å². The summed E-state index contributed by atoms with van der Waals surface area (Å²) in [6.07, 6.45) is 1.64. The van der Waals surface area contributed by atoms with Gasteiger partial charge in [-0.3, -0.25) is 4.79 Å². The molecular formula is C21H24ClN5O3S. The van der Waals surface area contributed by atoms with Gasteiger partial charge in [-0.05, 0) is 37.3 Å². The Labute approximate surface area is 186 Å². The van der Waals surface area contributed by atoms with Gasteiger partial charge in [0.2, 0.25) is 10.0 Å². The molecule has 0 bridgehead atoms. The number of rotatable bonds is 8. The molecule has 10 heteroatoms. The van der Waals surface area contributed by atoms with E-state index in [2.05, 4.69) is 15.5 Å². The van der Waals surface area contributed by atoms with E-state index in [0.29, 0.717) is 31.1 Å². The predicted molar refractivity (Wildman–Crippen MR) is 121 cm³/mol. The highest BCUT2D eigenvalue weighted by molar-refractivity contribution is 7.89. The lowest BCUT2D eigenvalue weighted by atomic mass is 10.1. The summed E-state index contributed by atoms with van der Waals surface area (Å²) in [6.45, 7) is 6.88. The Balaban J connectivity index is 1.90. The van der Waals surface area contributed by atoms with E-state index >= 15 is 0 Å². The molecular weight excluding hydrogens is 438 g/mol. The summed E-state index contributed by atoms with van der Waals surface area (Å²) < 4.78 is 28.8. The molecule has 0 fully saturated rings. The Hall–Kier alpha value is -2.75. The van der Waals surface area contributed by atoms with Crippen LogP contribution in [0.5, 0.6) is 0 Å². The van der Waals surface area contributed by atoms with Crippen LogP contribution in [0.25, 0.3) is 11.4 Å². The fraction of sp³-hybridized carbons (Fsp3) is 0.286. The number of sulfonamides is 1. The third-order valence-corrected chi connectivity index (χ3v) is 7.24. The maximum atomic E-state index is 12.9. The second-order valence-electron chi connectivity index (χ2n) is 6.71. The highest BCUT2D eigenvalue weighted by atomic mass is 35.5. The summed E-state index contributed by atoms with van der Waals surface area (Å²) in [7, 11) is -3.71. The molecule has 164 valence electrons. The number of anilines is 1. The number of halogens is 1. The van der Waals surface area contributed by atoms with Crippen LogP contribution in [0.3, 0.4) is 0 Å². The van der Waals surface area contributed by atoms with Crippen LogP contribution in [0.1, 0.15) is 31.1 Å². The van der Waals surface area contributed by atoms with Gasteiger partial charge in [-0.2, -0.15) is 4.31 Å². The Morgan fingerprint density at radius 3 is 2.55 bits per heavy atom. The summed E-state index contributed by atoms with van der Waals surface area (Å²) in [4.78, 5) is 12.9. The molecule has 1 heterocycles. The average Bonchev–Trinajstić information content (AvgIpc) is 3.23. The summed E-state index contributed by atoms with van der Waals surface area (Å²) in [5.74, 6) is 0.180. The lowest BCUT2D eigenvalue weighted by Crippen LogP contribution is -2.30. The Morgan fingerprint density at radius 1 is 1.13 bits per heavy atom. The van der Waals surface area contributed by atoms with Gasteiger partial charge in [0, 0.05) is 30.9 Å². The van der Waals surface area contributed by atoms with Gasteiger partial charge in [-0.25, -0.2) is 8.42 Å². The molecule has 0 aliphatic heterocycles. The van der Waals surface area contributed by atoms with Crippen molar-refractivity contribution in [2.75, 3.05) is 18.4 Å². The van der Waals surface area contributed by atoms with E-state index in [4.69, 9.17) is 11.6 Å². The maximum absolute atomic E-state index is 12.9. The SMILES string of the molecule is CCN(CC)S(=O)(=O)c1ccc(Cl)c(C(=O)Nc2cccc(-c3nncn3CC)c2)c1. The van der Waals surface area contributed by atoms with Crippen molar-refractivity contribution in [1.82, 2.24) is 19.1 Å². The van der Waals surface area contributed by atoms with Crippen LogP contribution < -0.4 is 5.32 Å². The van der Waals surface area contributed by atoms with Gasteiger partial charge < -0.3 is 9.88 Å². The molecule has 0 saturated heterocycles. The van der Waals surface area contributed by atoms with E-state index in [1.54, 1.807) is 38.4 Å². The van der Waals surface area contributed by atoms with E-state index in [9.17, 15) is 13.2 Å². The van der Waals surface area contributed by atoms with E-state index in [1.807, 2.05) is 17.6 Å². The minimum absolute atomic E-state index is 0.0237.